The van der Waals surface area contributed by atoms with E-state index in [4.69, 9.17) is 9.15 Å². The van der Waals surface area contributed by atoms with Crippen LogP contribution in [0.25, 0.3) is 17.4 Å². The zero-order valence-electron chi connectivity index (χ0n) is 23.3. The minimum absolute atomic E-state index is 0.197. The van der Waals surface area contributed by atoms with Gasteiger partial charge in [0.05, 0.1) is 34.0 Å². The summed E-state index contributed by atoms with van der Waals surface area (Å²) in [6, 6.07) is 15.4. The lowest BCUT2D eigenvalue weighted by Gasteiger charge is -2.25. The summed E-state index contributed by atoms with van der Waals surface area (Å²) in [6.07, 6.45) is 1.66. The fraction of sp³-hybridized carbons (Fsp3) is 0.226. The first-order chi connectivity index (χ1) is 19.6. The Morgan fingerprint density at radius 2 is 1.85 bits per heavy atom. The molecule has 0 spiro atoms. The van der Waals surface area contributed by atoms with E-state index in [1.165, 1.54) is 17.4 Å². The highest BCUT2D eigenvalue weighted by atomic mass is 32.1. The van der Waals surface area contributed by atoms with Crippen molar-refractivity contribution in [3.05, 3.63) is 108 Å². The predicted molar refractivity (Wildman–Crippen MR) is 157 cm³/mol. The molecule has 2 aromatic carbocycles. The maximum atomic E-state index is 13.8. The summed E-state index contributed by atoms with van der Waals surface area (Å²) in [5.41, 5.74) is 3.98. The van der Waals surface area contributed by atoms with Crippen molar-refractivity contribution in [2.45, 2.75) is 26.8 Å². The lowest BCUT2D eigenvalue weighted by molar-refractivity contribution is -0.139. The molecule has 0 fully saturated rings. The smallest absolute Gasteiger partial charge is 0.338 e. The van der Waals surface area contributed by atoms with E-state index in [0.29, 0.717) is 32.1 Å². The number of hydrogen-bond acceptors (Lipinski definition) is 8. The van der Waals surface area contributed by atoms with Gasteiger partial charge in [0, 0.05) is 31.4 Å². The van der Waals surface area contributed by atoms with Crippen LogP contribution in [-0.4, -0.2) is 42.3 Å². The molecule has 1 atom stereocenters. The minimum atomic E-state index is -0.997. The van der Waals surface area contributed by atoms with Crippen LogP contribution in [0.3, 0.4) is 0 Å². The molecule has 0 bridgehead atoms. The number of allylic oxidation sites excluding steroid dienone is 1. The molecular formula is C31H29N3O6S. The molecule has 10 heteroatoms. The molecule has 0 amide bonds. The van der Waals surface area contributed by atoms with Gasteiger partial charge in [-0.2, -0.15) is 0 Å². The first-order valence-electron chi connectivity index (χ1n) is 13.0. The molecule has 0 unspecified atom stereocenters. The summed E-state index contributed by atoms with van der Waals surface area (Å²) in [7, 11) is 3.89. The second-order valence-electron chi connectivity index (χ2n) is 9.83. The van der Waals surface area contributed by atoms with E-state index in [1.54, 1.807) is 48.8 Å². The third kappa shape index (κ3) is 5.26. The number of ether oxygens (including phenoxy) is 1. The Balaban J connectivity index is 1.60. The highest BCUT2D eigenvalue weighted by Gasteiger charge is 2.33. The maximum absolute atomic E-state index is 13.8. The first kappa shape index (κ1) is 27.9. The molecule has 1 aliphatic heterocycles. The van der Waals surface area contributed by atoms with Crippen molar-refractivity contribution in [1.82, 2.24) is 4.57 Å². The number of carboxylic acid groups (broad SMARTS) is 1. The van der Waals surface area contributed by atoms with Crippen LogP contribution in [0, 0.1) is 6.92 Å². The summed E-state index contributed by atoms with van der Waals surface area (Å²) in [6.45, 7) is 5.51. The molecular weight excluding hydrogens is 542 g/mol. The number of thiazole rings is 1. The van der Waals surface area contributed by atoms with Gasteiger partial charge in [0.15, 0.2) is 4.80 Å². The number of carbonyl (C=O) groups is 2. The number of carbonyl (C=O) groups excluding carboxylic acids is 1. The number of nitrogens with zero attached hydrogens (tertiary/aromatic N) is 3. The molecule has 4 aromatic rings. The monoisotopic (exact) mass is 571 g/mol. The number of aromatic carboxylic acids is 1. The molecule has 0 saturated carbocycles. The molecule has 0 aliphatic carbocycles. The minimum Gasteiger partial charge on any atom is -0.478 e. The number of aromatic nitrogens is 1. The van der Waals surface area contributed by atoms with Crippen molar-refractivity contribution in [2.75, 3.05) is 25.6 Å². The second kappa shape index (κ2) is 11.1. The van der Waals surface area contributed by atoms with Crippen LogP contribution in [-0.2, 0) is 9.53 Å². The fourth-order valence-electron chi connectivity index (χ4n) is 4.84. The zero-order valence-corrected chi connectivity index (χ0v) is 24.1. The summed E-state index contributed by atoms with van der Waals surface area (Å²) in [5, 5.41) is 9.25. The van der Waals surface area contributed by atoms with Crippen LogP contribution in [0.1, 0.15) is 47.1 Å². The van der Waals surface area contributed by atoms with Crippen molar-refractivity contribution in [1.29, 1.82) is 0 Å². The van der Waals surface area contributed by atoms with Gasteiger partial charge in [-0.15, -0.1) is 0 Å². The van der Waals surface area contributed by atoms with Crippen molar-refractivity contribution in [3.8, 4) is 11.3 Å². The molecule has 5 rings (SSSR count). The SMILES string of the molecule is CCOC(=O)C1=C(C)N=c2s/c(=C\c3ccc(-c4ccc(C(=O)O)cc4C)o3)c(=O)n2[C@@H]1c1ccc(N(C)C)cc1. The van der Waals surface area contributed by atoms with Crippen LogP contribution in [0.15, 0.2) is 80.1 Å². The summed E-state index contributed by atoms with van der Waals surface area (Å²) >= 11 is 1.22. The number of carboxylic acids is 1. The second-order valence-corrected chi connectivity index (χ2v) is 10.8. The van der Waals surface area contributed by atoms with Crippen LogP contribution < -0.4 is 19.8 Å². The van der Waals surface area contributed by atoms with Crippen molar-refractivity contribution >= 4 is 35.0 Å². The quantitative estimate of drug-likeness (QED) is 0.332. The van der Waals surface area contributed by atoms with Crippen LogP contribution >= 0.6 is 11.3 Å². The van der Waals surface area contributed by atoms with Gasteiger partial charge in [-0.3, -0.25) is 9.36 Å². The van der Waals surface area contributed by atoms with Crippen molar-refractivity contribution < 1.29 is 23.8 Å². The standard InChI is InChI=1S/C31H29N3O6S/c1-6-39-30(38)26-18(3)32-31-34(27(26)19-7-10-21(11-8-19)33(4)5)28(35)25(41-31)16-22-12-14-24(40-22)23-13-9-20(29(36)37)15-17(23)2/h7-16,27H,6H2,1-5H3,(H,36,37)/b25-16-/t27-/m1/s1. The van der Waals surface area contributed by atoms with E-state index < -0.39 is 18.0 Å². The van der Waals surface area contributed by atoms with E-state index in [0.717, 1.165) is 22.4 Å². The Morgan fingerprint density at radius 1 is 1.12 bits per heavy atom. The number of aryl methyl sites for hydroxylation is 1. The molecule has 3 heterocycles. The van der Waals surface area contributed by atoms with Gasteiger partial charge in [-0.05, 0) is 68.3 Å². The summed E-state index contributed by atoms with van der Waals surface area (Å²) in [5.74, 6) is -0.494. The fourth-order valence-corrected chi connectivity index (χ4v) is 5.87. The molecule has 2 aromatic heterocycles. The van der Waals surface area contributed by atoms with Crippen molar-refractivity contribution in [3.63, 3.8) is 0 Å². The third-order valence-corrected chi connectivity index (χ3v) is 7.86. The number of rotatable bonds is 7. The van der Waals surface area contributed by atoms with Gasteiger partial charge in [-0.1, -0.05) is 29.5 Å². The number of fused-ring (bicyclic) bond motifs is 1. The number of esters is 1. The normalized spacial score (nSPS) is 15.0. The predicted octanol–water partition coefficient (Wildman–Crippen LogP) is 4.13. The van der Waals surface area contributed by atoms with E-state index in [2.05, 4.69) is 4.99 Å². The van der Waals surface area contributed by atoms with Crippen LogP contribution in [0.4, 0.5) is 5.69 Å². The van der Waals surface area contributed by atoms with Gasteiger partial charge in [-0.25, -0.2) is 14.6 Å². The third-order valence-electron chi connectivity index (χ3n) is 6.88. The summed E-state index contributed by atoms with van der Waals surface area (Å²) in [4.78, 5) is 45.3. The Hall–Kier alpha value is -4.70. The average Bonchev–Trinajstić information content (AvgIpc) is 3.52. The van der Waals surface area contributed by atoms with Crippen molar-refractivity contribution in [2.24, 2.45) is 4.99 Å². The molecule has 9 nitrogen and oxygen atoms in total. The van der Waals surface area contributed by atoms with E-state index in [1.807, 2.05) is 50.2 Å². The highest BCUT2D eigenvalue weighted by molar-refractivity contribution is 7.07. The topological polar surface area (TPSA) is 114 Å². The molecule has 1 aliphatic rings. The van der Waals surface area contributed by atoms with Gasteiger partial charge >= 0.3 is 11.9 Å². The molecule has 0 saturated heterocycles. The first-order valence-corrected chi connectivity index (χ1v) is 13.8. The molecule has 210 valence electrons. The Morgan fingerprint density at radius 3 is 2.49 bits per heavy atom. The van der Waals surface area contributed by atoms with Crippen LogP contribution in [0.5, 0.6) is 0 Å². The van der Waals surface area contributed by atoms with E-state index in [9.17, 15) is 19.5 Å². The Kier molecular flexibility index (Phi) is 7.51. The molecule has 0 radical (unpaired) electrons. The number of furan rings is 1. The van der Waals surface area contributed by atoms with Gasteiger partial charge in [0.2, 0.25) is 0 Å². The maximum Gasteiger partial charge on any atom is 0.338 e. The number of hydrogen-bond donors (Lipinski definition) is 1. The average molecular weight is 572 g/mol. The van der Waals surface area contributed by atoms with Gasteiger partial charge in [0.25, 0.3) is 5.56 Å². The highest BCUT2D eigenvalue weighted by Crippen LogP contribution is 2.32. The molecule has 1 N–H and O–H groups in total. The van der Waals surface area contributed by atoms with Gasteiger partial charge < -0.3 is 19.2 Å². The molecule has 41 heavy (non-hydrogen) atoms. The lowest BCUT2D eigenvalue weighted by Crippen LogP contribution is -2.39. The summed E-state index contributed by atoms with van der Waals surface area (Å²) < 4.78 is 13.3. The van der Waals surface area contributed by atoms with Crippen LogP contribution in [0.2, 0.25) is 0 Å². The number of anilines is 1. The largest absolute Gasteiger partial charge is 0.478 e. The Bertz CT molecular complexity index is 1880. The van der Waals surface area contributed by atoms with Gasteiger partial charge in [0.1, 0.15) is 11.5 Å². The number of benzene rings is 2. The van der Waals surface area contributed by atoms with E-state index in [-0.39, 0.29) is 17.7 Å². The lowest BCUT2D eigenvalue weighted by atomic mass is 9.95. The Labute approximate surface area is 240 Å². The zero-order chi connectivity index (χ0) is 29.4. The van der Waals surface area contributed by atoms with E-state index >= 15 is 0 Å².